The predicted octanol–water partition coefficient (Wildman–Crippen LogP) is 2.37. The van der Waals surface area contributed by atoms with Gasteiger partial charge in [0.25, 0.3) is 0 Å². The van der Waals surface area contributed by atoms with Crippen LogP contribution in [0.2, 0.25) is 0 Å². The van der Waals surface area contributed by atoms with E-state index in [4.69, 9.17) is 5.26 Å². The molecule has 4 nitrogen and oxygen atoms in total. The molecule has 1 aromatic carbocycles. The van der Waals surface area contributed by atoms with Crippen molar-refractivity contribution in [2.75, 3.05) is 17.1 Å². The summed E-state index contributed by atoms with van der Waals surface area (Å²) in [5.41, 5.74) is 0.656. The maximum atomic E-state index is 12.2. The maximum absolute atomic E-state index is 12.2. The minimum atomic E-state index is -3.37. The highest BCUT2D eigenvalue weighted by Gasteiger charge is 2.25. The summed E-state index contributed by atoms with van der Waals surface area (Å²) in [5, 5.41) is 8.82. The summed E-state index contributed by atoms with van der Waals surface area (Å²) in [6.45, 7) is 5.64. The highest BCUT2D eigenvalue weighted by molar-refractivity contribution is 7.92. The van der Waals surface area contributed by atoms with Crippen molar-refractivity contribution in [2.24, 2.45) is 5.41 Å². The highest BCUT2D eigenvalue weighted by Crippen LogP contribution is 2.23. The third kappa shape index (κ3) is 3.74. The van der Waals surface area contributed by atoms with E-state index < -0.39 is 10.0 Å². The van der Waals surface area contributed by atoms with Gasteiger partial charge < -0.3 is 0 Å². The molecule has 0 bridgehead atoms. The van der Waals surface area contributed by atoms with Crippen molar-refractivity contribution in [1.29, 1.82) is 5.26 Å². The van der Waals surface area contributed by atoms with Crippen LogP contribution in [0, 0.1) is 16.7 Å². The van der Waals surface area contributed by atoms with Crippen LogP contribution in [0.1, 0.15) is 26.3 Å². The minimum Gasteiger partial charge on any atom is -0.273 e. The molecule has 0 fully saturated rings. The van der Waals surface area contributed by atoms with Crippen LogP contribution in [0.4, 0.5) is 5.69 Å². The number of benzene rings is 1. The third-order valence-electron chi connectivity index (χ3n) is 2.37. The fraction of sp³-hybridized carbons (Fsp3) is 0.462. The summed E-state index contributed by atoms with van der Waals surface area (Å²) < 4.78 is 25.6. The SMILES string of the molecule is CN(c1cccc(C#N)c1)S(=O)(=O)CC(C)(C)C. The molecule has 1 rings (SSSR count). The second kappa shape index (κ2) is 4.99. The molecular formula is C13H18N2O2S. The Morgan fingerprint density at radius 3 is 2.44 bits per heavy atom. The molecule has 5 heteroatoms. The number of hydrogen-bond donors (Lipinski definition) is 0. The van der Waals surface area contributed by atoms with Crippen LogP contribution in [0.3, 0.4) is 0 Å². The lowest BCUT2D eigenvalue weighted by atomic mass is 10.0. The molecule has 0 atom stereocenters. The molecule has 0 saturated carbocycles. The molecule has 0 unspecified atom stereocenters. The van der Waals surface area contributed by atoms with Crippen molar-refractivity contribution >= 4 is 15.7 Å². The maximum Gasteiger partial charge on any atom is 0.235 e. The van der Waals surface area contributed by atoms with E-state index in [2.05, 4.69) is 0 Å². The van der Waals surface area contributed by atoms with Gasteiger partial charge in [-0.3, -0.25) is 4.31 Å². The Kier molecular flexibility index (Phi) is 4.02. The van der Waals surface area contributed by atoms with E-state index in [-0.39, 0.29) is 11.2 Å². The lowest BCUT2D eigenvalue weighted by molar-refractivity contribution is 0.461. The van der Waals surface area contributed by atoms with E-state index in [9.17, 15) is 8.42 Å². The monoisotopic (exact) mass is 266 g/mol. The molecule has 18 heavy (non-hydrogen) atoms. The molecule has 0 aliphatic heterocycles. The lowest BCUT2D eigenvalue weighted by Crippen LogP contribution is -2.34. The first-order valence-corrected chi connectivity index (χ1v) is 7.23. The average molecular weight is 266 g/mol. The zero-order valence-corrected chi connectivity index (χ0v) is 12.0. The normalized spacial score (nSPS) is 11.9. The van der Waals surface area contributed by atoms with Crippen LogP contribution in [-0.4, -0.2) is 21.2 Å². The van der Waals surface area contributed by atoms with E-state index in [1.165, 1.54) is 11.4 Å². The van der Waals surface area contributed by atoms with E-state index in [0.717, 1.165) is 0 Å². The number of hydrogen-bond acceptors (Lipinski definition) is 3. The summed E-state index contributed by atoms with van der Waals surface area (Å²) >= 11 is 0. The molecule has 0 radical (unpaired) electrons. The van der Waals surface area contributed by atoms with Crippen molar-refractivity contribution in [3.05, 3.63) is 29.8 Å². The molecular weight excluding hydrogens is 248 g/mol. The fourth-order valence-electron chi connectivity index (χ4n) is 1.58. The van der Waals surface area contributed by atoms with Crippen molar-refractivity contribution in [1.82, 2.24) is 0 Å². The lowest BCUT2D eigenvalue weighted by Gasteiger charge is -2.25. The van der Waals surface area contributed by atoms with Crippen LogP contribution in [-0.2, 0) is 10.0 Å². The zero-order valence-electron chi connectivity index (χ0n) is 11.1. The third-order valence-corrected chi connectivity index (χ3v) is 4.65. The number of anilines is 1. The molecule has 0 N–H and O–H groups in total. The predicted molar refractivity (Wildman–Crippen MR) is 72.8 cm³/mol. The Morgan fingerprint density at radius 1 is 1.33 bits per heavy atom. The van der Waals surface area contributed by atoms with Crippen LogP contribution < -0.4 is 4.31 Å². The van der Waals surface area contributed by atoms with Crippen molar-refractivity contribution in [3.63, 3.8) is 0 Å². The minimum absolute atomic E-state index is 0.0628. The molecule has 1 aromatic rings. The zero-order chi connectivity index (χ0) is 14.0. The van der Waals surface area contributed by atoms with Crippen molar-refractivity contribution in [3.8, 4) is 6.07 Å². The first-order valence-electron chi connectivity index (χ1n) is 5.62. The number of sulfonamides is 1. The average Bonchev–Trinajstić information content (AvgIpc) is 2.25. The van der Waals surface area contributed by atoms with Gasteiger partial charge in [0.2, 0.25) is 10.0 Å². The van der Waals surface area contributed by atoms with Crippen LogP contribution >= 0.6 is 0 Å². The molecule has 0 aliphatic rings. The van der Waals surface area contributed by atoms with Gasteiger partial charge in [0.15, 0.2) is 0 Å². The van der Waals surface area contributed by atoms with Gasteiger partial charge in [0, 0.05) is 7.05 Å². The second-order valence-electron chi connectivity index (χ2n) is 5.45. The standard InChI is InChI=1S/C13H18N2O2S/c1-13(2,3)10-18(16,17)15(4)12-7-5-6-11(8-12)9-14/h5-8H,10H2,1-4H3. The summed E-state index contributed by atoms with van der Waals surface area (Å²) in [7, 11) is -1.86. The van der Waals surface area contributed by atoms with Crippen LogP contribution in [0.15, 0.2) is 24.3 Å². The van der Waals surface area contributed by atoms with Gasteiger partial charge in [-0.1, -0.05) is 26.8 Å². The van der Waals surface area contributed by atoms with E-state index in [0.29, 0.717) is 11.3 Å². The Bertz CT molecular complexity index is 565. The topological polar surface area (TPSA) is 61.2 Å². The molecule has 98 valence electrons. The molecule has 0 amide bonds. The van der Waals surface area contributed by atoms with Gasteiger partial charge >= 0.3 is 0 Å². The van der Waals surface area contributed by atoms with Gasteiger partial charge in [-0.05, 0) is 23.6 Å². The van der Waals surface area contributed by atoms with E-state index in [1.807, 2.05) is 26.8 Å². The summed E-state index contributed by atoms with van der Waals surface area (Å²) in [6, 6.07) is 8.58. The highest BCUT2D eigenvalue weighted by atomic mass is 32.2. The number of rotatable bonds is 3. The first-order chi connectivity index (χ1) is 8.15. The number of nitrogens with zero attached hydrogens (tertiary/aromatic N) is 2. The van der Waals surface area contributed by atoms with Gasteiger partial charge in [0.1, 0.15) is 0 Å². The van der Waals surface area contributed by atoms with E-state index in [1.54, 1.807) is 24.3 Å². The first kappa shape index (κ1) is 14.5. The fourth-order valence-corrected chi connectivity index (χ4v) is 3.30. The van der Waals surface area contributed by atoms with E-state index >= 15 is 0 Å². The smallest absolute Gasteiger partial charge is 0.235 e. The van der Waals surface area contributed by atoms with Gasteiger partial charge in [-0.2, -0.15) is 5.26 Å². The Morgan fingerprint density at radius 2 is 1.94 bits per heavy atom. The molecule has 0 heterocycles. The molecule has 0 aromatic heterocycles. The molecule has 0 spiro atoms. The Balaban J connectivity index is 3.07. The Hall–Kier alpha value is -1.54. The van der Waals surface area contributed by atoms with Crippen LogP contribution in [0.5, 0.6) is 0 Å². The van der Waals surface area contributed by atoms with Crippen molar-refractivity contribution in [2.45, 2.75) is 20.8 Å². The summed E-state index contributed by atoms with van der Waals surface area (Å²) in [4.78, 5) is 0. The summed E-state index contributed by atoms with van der Waals surface area (Å²) in [6.07, 6.45) is 0. The van der Waals surface area contributed by atoms with Crippen molar-refractivity contribution < 1.29 is 8.42 Å². The van der Waals surface area contributed by atoms with Gasteiger partial charge in [0.05, 0.1) is 23.1 Å². The largest absolute Gasteiger partial charge is 0.273 e. The second-order valence-corrected chi connectivity index (χ2v) is 7.45. The van der Waals surface area contributed by atoms with Crippen LogP contribution in [0.25, 0.3) is 0 Å². The quantitative estimate of drug-likeness (QED) is 0.843. The Labute approximate surface area is 109 Å². The number of nitriles is 1. The molecule has 0 aliphatic carbocycles. The van der Waals surface area contributed by atoms with Gasteiger partial charge in [-0.15, -0.1) is 0 Å². The summed E-state index contributed by atoms with van der Waals surface area (Å²) in [5.74, 6) is 0.0628. The molecule has 0 saturated heterocycles. The van der Waals surface area contributed by atoms with Gasteiger partial charge in [-0.25, -0.2) is 8.42 Å².